The standard InChI is InChI=1S/C15H15ClN2O3S/c1-9-5-11(7-13(6-9)22(17,20)21)15(19)18-14-8-12(16)4-3-10(14)2/h3-8H,1-2H3,(H,18,19)(H2,17,20,21). The van der Waals surface area contributed by atoms with Crippen LogP contribution in [0.3, 0.4) is 0 Å². The Bertz CT molecular complexity index is 848. The highest BCUT2D eigenvalue weighted by Crippen LogP contribution is 2.21. The van der Waals surface area contributed by atoms with E-state index in [0.29, 0.717) is 16.3 Å². The number of sulfonamides is 1. The SMILES string of the molecule is Cc1cc(C(=O)Nc2cc(Cl)ccc2C)cc(S(N)(=O)=O)c1. The minimum Gasteiger partial charge on any atom is -0.322 e. The molecule has 0 aliphatic heterocycles. The number of anilines is 1. The molecule has 0 aliphatic rings. The summed E-state index contributed by atoms with van der Waals surface area (Å²) >= 11 is 5.91. The number of hydrogen-bond donors (Lipinski definition) is 2. The molecule has 0 spiro atoms. The molecule has 116 valence electrons. The van der Waals surface area contributed by atoms with Crippen molar-refractivity contribution in [3.8, 4) is 0 Å². The average molecular weight is 339 g/mol. The highest BCUT2D eigenvalue weighted by atomic mass is 35.5. The molecular formula is C15H15ClN2O3S. The quantitative estimate of drug-likeness (QED) is 0.901. The smallest absolute Gasteiger partial charge is 0.255 e. The second-order valence-electron chi connectivity index (χ2n) is 4.99. The van der Waals surface area contributed by atoms with Gasteiger partial charge in [0, 0.05) is 16.3 Å². The lowest BCUT2D eigenvalue weighted by Gasteiger charge is -2.10. The summed E-state index contributed by atoms with van der Waals surface area (Å²) in [5.74, 6) is -0.432. The van der Waals surface area contributed by atoms with Gasteiger partial charge in [0.15, 0.2) is 0 Å². The first-order chi connectivity index (χ1) is 10.2. The summed E-state index contributed by atoms with van der Waals surface area (Å²) in [5, 5.41) is 8.32. The van der Waals surface area contributed by atoms with Crippen molar-refractivity contribution in [2.45, 2.75) is 18.7 Å². The van der Waals surface area contributed by atoms with Crippen molar-refractivity contribution in [3.05, 3.63) is 58.1 Å². The Hall–Kier alpha value is -1.89. The van der Waals surface area contributed by atoms with Crippen LogP contribution in [0.5, 0.6) is 0 Å². The van der Waals surface area contributed by atoms with Crippen LogP contribution < -0.4 is 10.5 Å². The van der Waals surface area contributed by atoms with E-state index in [-0.39, 0.29) is 10.5 Å². The van der Waals surface area contributed by atoms with Gasteiger partial charge in [0.25, 0.3) is 5.91 Å². The van der Waals surface area contributed by atoms with Crippen molar-refractivity contribution in [1.82, 2.24) is 0 Å². The Balaban J connectivity index is 2.38. The van der Waals surface area contributed by atoms with Crippen molar-refractivity contribution in [3.63, 3.8) is 0 Å². The summed E-state index contributed by atoms with van der Waals surface area (Å²) < 4.78 is 22.9. The van der Waals surface area contributed by atoms with Crippen LogP contribution in [-0.2, 0) is 10.0 Å². The van der Waals surface area contributed by atoms with Crippen LogP contribution in [0.15, 0.2) is 41.3 Å². The lowest BCUT2D eigenvalue weighted by Crippen LogP contribution is -2.16. The second kappa shape index (κ2) is 6.08. The Labute approximate surface area is 134 Å². The topological polar surface area (TPSA) is 89.3 Å². The van der Waals surface area contributed by atoms with Crippen molar-refractivity contribution >= 4 is 33.2 Å². The molecule has 0 unspecified atom stereocenters. The fourth-order valence-corrected chi connectivity index (χ4v) is 2.78. The van der Waals surface area contributed by atoms with Gasteiger partial charge in [-0.25, -0.2) is 13.6 Å². The molecule has 2 aromatic rings. The molecule has 2 rings (SSSR count). The minimum atomic E-state index is -3.87. The van der Waals surface area contributed by atoms with E-state index in [0.717, 1.165) is 5.56 Å². The number of hydrogen-bond acceptors (Lipinski definition) is 3. The molecule has 0 radical (unpaired) electrons. The normalized spacial score (nSPS) is 11.3. The fourth-order valence-electron chi connectivity index (χ4n) is 1.97. The molecule has 0 fully saturated rings. The third-order valence-electron chi connectivity index (χ3n) is 3.09. The molecule has 0 heterocycles. The highest BCUT2D eigenvalue weighted by molar-refractivity contribution is 7.89. The number of benzene rings is 2. The van der Waals surface area contributed by atoms with Crippen molar-refractivity contribution < 1.29 is 13.2 Å². The number of rotatable bonds is 3. The Kier molecular flexibility index (Phi) is 4.55. The fraction of sp³-hybridized carbons (Fsp3) is 0.133. The number of nitrogens with two attached hydrogens (primary N) is 1. The first kappa shape index (κ1) is 16.5. The van der Waals surface area contributed by atoms with Gasteiger partial charge < -0.3 is 5.32 Å². The molecule has 0 aromatic heterocycles. The Morgan fingerprint density at radius 2 is 1.82 bits per heavy atom. The maximum atomic E-state index is 12.3. The summed E-state index contributed by atoms with van der Waals surface area (Å²) in [4.78, 5) is 12.2. The zero-order valence-corrected chi connectivity index (χ0v) is 13.6. The van der Waals surface area contributed by atoms with Gasteiger partial charge in [0.1, 0.15) is 0 Å². The molecule has 2 aromatic carbocycles. The summed E-state index contributed by atoms with van der Waals surface area (Å²) in [7, 11) is -3.87. The molecular weight excluding hydrogens is 324 g/mol. The molecule has 5 nitrogen and oxygen atoms in total. The molecule has 22 heavy (non-hydrogen) atoms. The predicted octanol–water partition coefficient (Wildman–Crippen LogP) is 2.86. The minimum absolute atomic E-state index is 0.0968. The number of halogens is 1. The number of aryl methyl sites for hydroxylation is 2. The maximum absolute atomic E-state index is 12.3. The molecule has 0 saturated carbocycles. The largest absolute Gasteiger partial charge is 0.322 e. The molecule has 0 bridgehead atoms. The number of nitrogens with one attached hydrogen (secondary N) is 1. The molecule has 0 saturated heterocycles. The lowest BCUT2D eigenvalue weighted by atomic mass is 10.1. The summed E-state index contributed by atoms with van der Waals surface area (Å²) in [6.07, 6.45) is 0. The Morgan fingerprint density at radius 3 is 2.45 bits per heavy atom. The zero-order valence-electron chi connectivity index (χ0n) is 12.1. The molecule has 0 aliphatic carbocycles. The van der Waals surface area contributed by atoms with Gasteiger partial charge in [-0.05, 0) is 55.3 Å². The van der Waals surface area contributed by atoms with E-state index in [2.05, 4.69) is 5.32 Å². The third kappa shape index (κ3) is 3.85. The summed E-state index contributed by atoms with van der Waals surface area (Å²) in [6.45, 7) is 3.52. The van der Waals surface area contributed by atoms with Gasteiger partial charge >= 0.3 is 0 Å². The number of primary sulfonamides is 1. The Morgan fingerprint density at radius 1 is 1.14 bits per heavy atom. The number of carbonyl (C=O) groups excluding carboxylic acids is 1. The molecule has 3 N–H and O–H groups in total. The summed E-state index contributed by atoms with van der Waals surface area (Å²) in [5.41, 5.74) is 2.25. The van der Waals surface area contributed by atoms with E-state index in [9.17, 15) is 13.2 Å². The molecule has 7 heteroatoms. The monoisotopic (exact) mass is 338 g/mol. The van der Waals surface area contributed by atoms with E-state index < -0.39 is 15.9 Å². The first-order valence-electron chi connectivity index (χ1n) is 6.39. The first-order valence-corrected chi connectivity index (χ1v) is 8.31. The van der Waals surface area contributed by atoms with Gasteiger partial charge in [0.05, 0.1) is 4.90 Å². The van der Waals surface area contributed by atoms with E-state index in [1.165, 1.54) is 12.1 Å². The van der Waals surface area contributed by atoms with Crippen molar-refractivity contribution in [2.24, 2.45) is 5.14 Å². The van der Waals surface area contributed by atoms with Gasteiger partial charge in [-0.15, -0.1) is 0 Å². The van der Waals surface area contributed by atoms with E-state index in [4.69, 9.17) is 16.7 Å². The predicted molar refractivity (Wildman–Crippen MR) is 86.7 cm³/mol. The van der Waals surface area contributed by atoms with E-state index >= 15 is 0 Å². The van der Waals surface area contributed by atoms with Crippen LogP contribution in [0.2, 0.25) is 5.02 Å². The third-order valence-corrected chi connectivity index (χ3v) is 4.22. The molecule has 1 amide bonds. The maximum Gasteiger partial charge on any atom is 0.255 e. The van der Waals surface area contributed by atoms with E-state index in [1.54, 1.807) is 31.2 Å². The van der Waals surface area contributed by atoms with Crippen LogP contribution >= 0.6 is 11.6 Å². The van der Waals surface area contributed by atoms with Crippen molar-refractivity contribution in [1.29, 1.82) is 0 Å². The van der Waals surface area contributed by atoms with Crippen LogP contribution in [0.25, 0.3) is 0 Å². The van der Waals surface area contributed by atoms with Crippen LogP contribution in [0.4, 0.5) is 5.69 Å². The van der Waals surface area contributed by atoms with Gasteiger partial charge in [0.2, 0.25) is 10.0 Å². The van der Waals surface area contributed by atoms with Crippen molar-refractivity contribution in [2.75, 3.05) is 5.32 Å². The second-order valence-corrected chi connectivity index (χ2v) is 6.99. The lowest BCUT2D eigenvalue weighted by molar-refractivity contribution is 0.102. The van der Waals surface area contributed by atoms with Crippen LogP contribution in [-0.4, -0.2) is 14.3 Å². The number of amides is 1. The summed E-state index contributed by atoms with van der Waals surface area (Å²) in [6, 6.07) is 9.38. The molecule has 0 atom stereocenters. The average Bonchev–Trinajstić information content (AvgIpc) is 2.41. The highest BCUT2D eigenvalue weighted by Gasteiger charge is 2.14. The zero-order chi connectivity index (χ0) is 16.5. The van der Waals surface area contributed by atoms with Gasteiger partial charge in [-0.2, -0.15) is 0 Å². The van der Waals surface area contributed by atoms with Crippen LogP contribution in [0, 0.1) is 13.8 Å². The van der Waals surface area contributed by atoms with E-state index in [1.807, 2.05) is 6.92 Å². The van der Waals surface area contributed by atoms with Gasteiger partial charge in [-0.3, -0.25) is 4.79 Å². The van der Waals surface area contributed by atoms with Crippen LogP contribution in [0.1, 0.15) is 21.5 Å². The van der Waals surface area contributed by atoms with Gasteiger partial charge in [-0.1, -0.05) is 17.7 Å². The number of carbonyl (C=O) groups is 1.